The molecule has 0 heterocycles. The van der Waals surface area contributed by atoms with Crippen LogP contribution < -0.4 is 0 Å². The van der Waals surface area contributed by atoms with E-state index in [0.717, 1.165) is 0 Å². The molecule has 0 radical (unpaired) electrons. The van der Waals surface area contributed by atoms with Gasteiger partial charge in [-0.3, -0.25) is 9.05 Å². The van der Waals surface area contributed by atoms with Gasteiger partial charge in [-0.25, -0.2) is 9.09 Å². The highest BCUT2D eigenvalue weighted by Crippen LogP contribution is 2.57. The van der Waals surface area contributed by atoms with Crippen molar-refractivity contribution in [1.29, 1.82) is 0 Å². The molecule has 0 aliphatic rings. The topological polar surface area (TPSA) is 44.8 Å². The van der Waals surface area contributed by atoms with Crippen LogP contribution >= 0.6 is 7.82 Å². The summed E-state index contributed by atoms with van der Waals surface area (Å²) < 4.78 is 114. The van der Waals surface area contributed by atoms with Crippen molar-refractivity contribution in [2.45, 2.75) is 64.2 Å². The van der Waals surface area contributed by atoms with Crippen LogP contribution in [0.25, 0.3) is 0 Å². The van der Waals surface area contributed by atoms with Crippen molar-refractivity contribution in [2.24, 2.45) is 0 Å². The summed E-state index contributed by atoms with van der Waals surface area (Å²) in [5.41, 5.74) is 0. The van der Waals surface area contributed by atoms with E-state index in [1.807, 2.05) is 0 Å². The first-order valence-corrected chi connectivity index (χ1v) is 8.67. The number of halogens is 7. The number of rotatable bonds is 12. The third-order valence-electron chi connectivity index (χ3n) is 2.57. The van der Waals surface area contributed by atoms with E-state index < -0.39 is 45.7 Å². The van der Waals surface area contributed by atoms with Gasteiger partial charge in [0.15, 0.2) is 0 Å². The van der Waals surface area contributed by atoms with Crippen molar-refractivity contribution >= 4 is 7.82 Å². The maximum Gasteiger partial charge on any atom is 0.479 e. The molecule has 0 bridgehead atoms. The fraction of sp³-hybridized carbons (Fsp3) is 1.00. The van der Waals surface area contributed by atoms with Gasteiger partial charge in [-0.15, -0.1) is 0 Å². The smallest absolute Gasteiger partial charge is 0.287 e. The van der Waals surface area contributed by atoms with Crippen LogP contribution in [0.4, 0.5) is 30.7 Å². The van der Waals surface area contributed by atoms with Gasteiger partial charge in [0.25, 0.3) is 0 Å². The van der Waals surface area contributed by atoms with E-state index in [0.29, 0.717) is 12.8 Å². The Hall–Kier alpha value is -0.380. The molecule has 0 aliphatic carbocycles. The largest absolute Gasteiger partial charge is 0.479 e. The van der Waals surface area contributed by atoms with Gasteiger partial charge >= 0.3 is 26.0 Å². The third-order valence-corrected chi connectivity index (χ3v) is 4.02. The molecule has 0 saturated heterocycles. The van der Waals surface area contributed by atoms with Crippen LogP contribution in [0.2, 0.25) is 0 Å². The second kappa shape index (κ2) is 9.35. The van der Waals surface area contributed by atoms with Crippen LogP contribution in [-0.2, 0) is 18.1 Å². The SMILES string of the molecule is CCCCOP(=O)(OCCCC)OC(F)(F)C(F)(F)CC(F)(F)F. The first-order chi connectivity index (χ1) is 10.8. The molecular formula is C12H20F7O4P. The lowest BCUT2D eigenvalue weighted by atomic mass is 10.2. The fourth-order valence-corrected chi connectivity index (χ4v) is 2.59. The van der Waals surface area contributed by atoms with Gasteiger partial charge in [-0.1, -0.05) is 26.7 Å². The van der Waals surface area contributed by atoms with Crippen LogP contribution in [0.15, 0.2) is 0 Å². The van der Waals surface area contributed by atoms with Crippen molar-refractivity contribution in [3.63, 3.8) is 0 Å². The Kier molecular flexibility index (Phi) is 9.21. The summed E-state index contributed by atoms with van der Waals surface area (Å²) in [6, 6.07) is 0. The zero-order valence-corrected chi connectivity index (χ0v) is 14.1. The predicted molar refractivity (Wildman–Crippen MR) is 71.0 cm³/mol. The summed E-state index contributed by atoms with van der Waals surface area (Å²) in [6.07, 6.45) is -12.9. The Balaban J connectivity index is 5.16. The van der Waals surface area contributed by atoms with Gasteiger partial charge in [0.1, 0.15) is 6.42 Å². The van der Waals surface area contributed by atoms with Crippen molar-refractivity contribution in [2.75, 3.05) is 13.2 Å². The van der Waals surface area contributed by atoms with Gasteiger partial charge in [0, 0.05) is 0 Å². The lowest BCUT2D eigenvalue weighted by molar-refractivity contribution is -0.339. The molecule has 0 rings (SSSR count). The van der Waals surface area contributed by atoms with Crippen LogP contribution in [0.3, 0.4) is 0 Å². The summed E-state index contributed by atoms with van der Waals surface area (Å²) >= 11 is 0. The summed E-state index contributed by atoms with van der Waals surface area (Å²) in [6.45, 7) is 2.56. The van der Waals surface area contributed by atoms with E-state index in [4.69, 9.17) is 0 Å². The van der Waals surface area contributed by atoms with Crippen LogP contribution in [0.5, 0.6) is 0 Å². The normalized spacial score (nSPS) is 14.2. The summed E-state index contributed by atoms with van der Waals surface area (Å²) in [4.78, 5) is 0. The number of phosphoric ester groups is 1. The van der Waals surface area contributed by atoms with Crippen molar-refractivity contribution in [3.05, 3.63) is 0 Å². The molecular weight excluding hydrogens is 372 g/mol. The quantitative estimate of drug-likeness (QED) is 0.235. The molecule has 0 unspecified atom stereocenters. The average Bonchev–Trinajstić information content (AvgIpc) is 2.35. The van der Waals surface area contributed by atoms with Gasteiger partial charge in [0.2, 0.25) is 0 Å². The standard InChI is InChI=1S/C12H20F7O4P/c1-3-5-7-21-24(20,22-8-6-4-2)23-12(18,19)10(13,14)9-11(15,16)17/h3-9H2,1-2H3. The molecule has 0 aromatic rings. The Morgan fingerprint density at radius 1 is 0.833 bits per heavy atom. The number of hydrogen-bond acceptors (Lipinski definition) is 4. The van der Waals surface area contributed by atoms with E-state index in [2.05, 4.69) is 13.6 Å². The first kappa shape index (κ1) is 23.6. The lowest BCUT2D eigenvalue weighted by Crippen LogP contribution is -2.45. The van der Waals surface area contributed by atoms with E-state index in [1.165, 1.54) is 0 Å². The summed E-state index contributed by atoms with van der Waals surface area (Å²) in [5, 5.41) is 0. The molecule has 0 N–H and O–H groups in total. The maximum atomic E-state index is 13.4. The van der Waals surface area contributed by atoms with Crippen molar-refractivity contribution in [3.8, 4) is 0 Å². The number of unbranched alkanes of at least 4 members (excludes halogenated alkanes) is 2. The lowest BCUT2D eigenvalue weighted by Gasteiger charge is -2.29. The van der Waals surface area contributed by atoms with Gasteiger partial charge in [-0.2, -0.15) is 30.7 Å². The Bertz CT molecular complexity index is 401. The minimum Gasteiger partial charge on any atom is -0.287 e. The highest BCUT2D eigenvalue weighted by Gasteiger charge is 2.65. The summed E-state index contributed by atoms with van der Waals surface area (Å²) in [5.74, 6) is -5.64. The van der Waals surface area contributed by atoms with Crippen molar-refractivity contribution < 1.29 is 48.9 Å². The minimum absolute atomic E-state index is 0.231. The Morgan fingerprint density at radius 2 is 1.25 bits per heavy atom. The molecule has 0 spiro atoms. The van der Waals surface area contributed by atoms with E-state index in [1.54, 1.807) is 13.8 Å². The van der Waals surface area contributed by atoms with Gasteiger partial charge < -0.3 is 0 Å². The van der Waals surface area contributed by atoms with Crippen LogP contribution in [0, 0.1) is 0 Å². The van der Waals surface area contributed by atoms with E-state index in [9.17, 15) is 35.3 Å². The highest BCUT2D eigenvalue weighted by molar-refractivity contribution is 7.48. The monoisotopic (exact) mass is 392 g/mol. The third kappa shape index (κ3) is 8.64. The number of phosphoric acid groups is 1. The van der Waals surface area contributed by atoms with E-state index in [-0.39, 0.29) is 12.8 Å². The fourth-order valence-electron chi connectivity index (χ4n) is 1.29. The van der Waals surface area contributed by atoms with Gasteiger partial charge in [-0.05, 0) is 12.8 Å². The van der Waals surface area contributed by atoms with E-state index >= 15 is 0 Å². The average molecular weight is 392 g/mol. The van der Waals surface area contributed by atoms with Crippen LogP contribution in [0.1, 0.15) is 46.0 Å². The zero-order valence-electron chi connectivity index (χ0n) is 13.2. The van der Waals surface area contributed by atoms with Crippen molar-refractivity contribution in [1.82, 2.24) is 0 Å². The molecule has 4 nitrogen and oxygen atoms in total. The molecule has 12 heteroatoms. The second-order valence-corrected chi connectivity index (χ2v) is 6.52. The molecule has 0 amide bonds. The Morgan fingerprint density at radius 3 is 1.58 bits per heavy atom. The molecule has 0 aromatic carbocycles. The summed E-state index contributed by atoms with van der Waals surface area (Å²) in [7, 11) is -5.16. The molecule has 146 valence electrons. The molecule has 0 atom stereocenters. The molecule has 0 saturated carbocycles. The molecule has 24 heavy (non-hydrogen) atoms. The molecule has 0 fully saturated rings. The Labute approximate surface area is 135 Å². The molecule has 0 aliphatic heterocycles. The maximum absolute atomic E-state index is 13.4. The minimum atomic E-state index is -5.68. The number of hydrogen-bond donors (Lipinski definition) is 0. The predicted octanol–water partition coefficient (Wildman–Crippen LogP) is 5.93. The first-order valence-electron chi connectivity index (χ1n) is 7.21. The molecule has 0 aromatic heterocycles. The highest BCUT2D eigenvalue weighted by atomic mass is 31.2. The van der Waals surface area contributed by atoms with Crippen LogP contribution in [-0.4, -0.2) is 31.4 Å². The number of alkyl halides is 7. The second-order valence-electron chi connectivity index (χ2n) is 4.93. The van der Waals surface area contributed by atoms with Gasteiger partial charge in [0.05, 0.1) is 13.2 Å². The zero-order chi connectivity index (χ0) is 19.1.